The predicted octanol–water partition coefficient (Wildman–Crippen LogP) is 1.76. The third kappa shape index (κ3) is 3.12. The van der Waals surface area contributed by atoms with Gasteiger partial charge in [-0.3, -0.25) is 19.3 Å². The molecule has 0 saturated carbocycles. The zero-order valence-corrected chi connectivity index (χ0v) is 13.2. The number of carbonyl (C=O) groups excluding carboxylic acids is 3. The molecule has 2 aliphatic rings. The number of carbonyl (C=O) groups is 3. The SMILES string of the molecule is CCN(CC)C(=O)CCN1C(=O)[C@H]2CC=C(Cl)C[C@@H]2C1=O. The molecule has 116 valence electrons. The summed E-state index contributed by atoms with van der Waals surface area (Å²) in [5.74, 6) is -0.977. The molecule has 1 aliphatic heterocycles. The van der Waals surface area contributed by atoms with Gasteiger partial charge in [-0.1, -0.05) is 17.7 Å². The lowest BCUT2D eigenvalue weighted by Crippen LogP contribution is -2.37. The van der Waals surface area contributed by atoms with Gasteiger partial charge in [-0.05, 0) is 26.7 Å². The summed E-state index contributed by atoms with van der Waals surface area (Å²) >= 11 is 5.97. The fraction of sp³-hybridized carbons (Fsp3) is 0.667. The van der Waals surface area contributed by atoms with Crippen LogP contribution in [0.1, 0.15) is 33.1 Å². The summed E-state index contributed by atoms with van der Waals surface area (Å²) in [7, 11) is 0. The third-order valence-corrected chi connectivity index (χ3v) is 4.63. The fourth-order valence-corrected chi connectivity index (χ4v) is 3.31. The molecule has 0 bridgehead atoms. The minimum atomic E-state index is -0.335. The number of nitrogens with zero attached hydrogens (tertiary/aromatic N) is 2. The molecule has 0 radical (unpaired) electrons. The second kappa shape index (κ2) is 6.60. The summed E-state index contributed by atoms with van der Waals surface area (Å²) in [6, 6.07) is 0. The van der Waals surface area contributed by atoms with Gasteiger partial charge in [-0.15, -0.1) is 0 Å². The summed E-state index contributed by atoms with van der Waals surface area (Å²) in [5, 5.41) is 0.651. The molecule has 0 aromatic rings. The quantitative estimate of drug-likeness (QED) is 0.727. The Balaban J connectivity index is 1.98. The van der Waals surface area contributed by atoms with E-state index in [1.165, 1.54) is 4.90 Å². The molecule has 0 spiro atoms. The highest BCUT2D eigenvalue weighted by atomic mass is 35.5. The lowest BCUT2D eigenvalue weighted by atomic mass is 9.85. The van der Waals surface area contributed by atoms with E-state index in [2.05, 4.69) is 0 Å². The molecule has 0 aromatic heterocycles. The van der Waals surface area contributed by atoms with Crippen molar-refractivity contribution in [1.29, 1.82) is 0 Å². The van der Waals surface area contributed by atoms with E-state index in [-0.39, 0.29) is 42.5 Å². The van der Waals surface area contributed by atoms with Gasteiger partial charge in [-0.25, -0.2) is 0 Å². The normalized spacial score (nSPS) is 24.9. The number of rotatable bonds is 5. The average molecular weight is 313 g/mol. The van der Waals surface area contributed by atoms with Gasteiger partial charge < -0.3 is 4.90 Å². The number of fused-ring (bicyclic) bond motifs is 1. The highest BCUT2D eigenvalue weighted by Crippen LogP contribution is 2.38. The Labute approximate surface area is 129 Å². The number of allylic oxidation sites excluding steroid dienone is 2. The van der Waals surface area contributed by atoms with Crippen molar-refractivity contribution in [2.45, 2.75) is 33.1 Å². The average Bonchev–Trinajstić information content (AvgIpc) is 2.70. The zero-order chi connectivity index (χ0) is 15.6. The largest absolute Gasteiger partial charge is 0.343 e. The topological polar surface area (TPSA) is 57.7 Å². The first-order valence-corrected chi connectivity index (χ1v) is 7.84. The molecule has 2 atom stereocenters. The Kier molecular flexibility index (Phi) is 5.04. The van der Waals surface area contributed by atoms with Crippen LogP contribution in [-0.4, -0.2) is 47.2 Å². The summed E-state index contributed by atoms with van der Waals surface area (Å²) in [6.45, 7) is 5.28. The monoisotopic (exact) mass is 312 g/mol. The molecule has 21 heavy (non-hydrogen) atoms. The molecule has 1 heterocycles. The zero-order valence-electron chi connectivity index (χ0n) is 12.5. The molecule has 1 aliphatic carbocycles. The van der Waals surface area contributed by atoms with Crippen LogP contribution in [0.5, 0.6) is 0 Å². The van der Waals surface area contributed by atoms with Crippen LogP contribution in [0.3, 0.4) is 0 Å². The van der Waals surface area contributed by atoms with Crippen LogP contribution in [-0.2, 0) is 14.4 Å². The van der Waals surface area contributed by atoms with Gasteiger partial charge >= 0.3 is 0 Å². The third-order valence-electron chi connectivity index (χ3n) is 4.33. The number of hydrogen-bond donors (Lipinski definition) is 0. The van der Waals surface area contributed by atoms with Crippen molar-refractivity contribution in [3.05, 3.63) is 11.1 Å². The predicted molar refractivity (Wildman–Crippen MR) is 79.4 cm³/mol. The lowest BCUT2D eigenvalue weighted by Gasteiger charge is -2.20. The summed E-state index contributed by atoms with van der Waals surface area (Å²) in [4.78, 5) is 39.5. The maximum atomic E-state index is 12.3. The summed E-state index contributed by atoms with van der Waals surface area (Å²) < 4.78 is 0. The van der Waals surface area contributed by atoms with Crippen molar-refractivity contribution in [3.8, 4) is 0 Å². The second-order valence-corrected chi connectivity index (χ2v) is 5.93. The maximum absolute atomic E-state index is 12.3. The van der Waals surface area contributed by atoms with Crippen molar-refractivity contribution < 1.29 is 14.4 Å². The van der Waals surface area contributed by atoms with Crippen LogP contribution in [0.25, 0.3) is 0 Å². The molecular formula is C15H21ClN2O3. The number of halogens is 1. The van der Waals surface area contributed by atoms with Crippen molar-refractivity contribution in [2.24, 2.45) is 11.8 Å². The first-order chi connectivity index (χ1) is 9.99. The lowest BCUT2D eigenvalue weighted by molar-refractivity contribution is -0.140. The summed E-state index contributed by atoms with van der Waals surface area (Å²) in [6.07, 6.45) is 2.98. The Morgan fingerprint density at radius 2 is 1.90 bits per heavy atom. The van der Waals surface area contributed by atoms with Crippen LogP contribution in [0, 0.1) is 11.8 Å². The van der Waals surface area contributed by atoms with E-state index >= 15 is 0 Å². The van der Waals surface area contributed by atoms with Crippen LogP contribution >= 0.6 is 11.6 Å². The molecule has 2 rings (SSSR count). The van der Waals surface area contributed by atoms with E-state index in [4.69, 9.17) is 11.6 Å². The van der Waals surface area contributed by atoms with Gasteiger partial charge in [-0.2, -0.15) is 0 Å². The van der Waals surface area contributed by atoms with Crippen molar-refractivity contribution in [3.63, 3.8) is 0 Å². The Bertz CT molecular complexity index is 485. The van der Waals surface area contributed by atoms with Crippen LogP contribution in [0.4, 0.5) is 0 Å². The van der Waals surface area contributed by atoms with Gasteiger partial charge in [0.25, 0.3) is 0 Å². The molecule has 6 heteroatoms. The van der Waals surface area contributed by atoms with Gasteiger partial charge in [0.05, 0.1) is 11.8 Å². The Hall–Kier alpha value is -1.36. The standard InChI is InChI=1S/C15H21ClN2O3/c1-3-17(4-2)13(19)7-8-18-14(20)11-6-5-10(16)9-12(11)15(18)21/h5,11-12H,3-4,6-9H2,1-2H3/t11-,12-/m0/s1. The van der Waals surface area contributed by atoms with Crippen molar-refractivity contribution in [2.75, 3.05) is 19.6 Å². The minimum Gasteiger partial charge on any atom is -0.343 e. The van der Waals surface area contributed by atoms with Gasteiger partial charge in [0.15, 0.2) is 0 Å². The van der Waals surface area contributed by atoms with Gasteiger partial charge in [0.2, 0.25) is 17.7 Å². The highest BCUT2D eigenvalue weighted by molar-refractivity contribution is 6.30. The van der Waals surface area contributed by atoms with E-state index in [9.17, 15) is 14.4 Å². The van der Waals surface area contributed by atoms with E-state index < -0.39 is 0 Å². The summed E-state index contributed by atoms with van der Waals surface area (Å²) in [5.41, 5.74) is 0. The van der Waals surface area contributed by atoms with E-state index in [1.807, 2.05) is 19.9 Å². The first-order valence-electron chi connectivity index (χ1n) is 7.47. The van der Waals surface area contributed by atoms with E-state index in [0.717, 1.165) is 0 Å². The van der Waals surface area contributed by atoms with E-state index in [0.29, 0.717) is 31.0 Å². The molecule has 3 amide bonds. The van der Waals surface area contributed by atoms with Crippen LogP contribution in [0.15, 0.2) is 11.1 Å². The molecule has 1 fully saturated rings. The number of imide groups is 1. The van der Waals surface area contributed by atoms with E-state index in [1.54, 1.807) is 4.90 Å². The van der Waals surface area contributed by atoms with Crippen LogP contribution in [0.2, 0.25) is 0 Å². The Morgan fingerprint density at radius 3 is 2.52 bits per heavy atom. The van der Waals surface area contributed by atoms with Crippen LogP contribution < -0.4 is 0 Å². The first kappa shape index (κ1) is 16.0. The highest BCUT2D eigenvalue weighted by Gasteiger charge is 2.48. The number of amides is 3. The maximum Gasteiger partial charge on any atom is 0.233 e. The fourth-order valence-electron chi connectivity index (χ4n) is 3.06. The Morgan fingerprint density at radius 1 is 1.29 bits per heavy atom. The van der Waals surface area contributed by atoms with Crippen molar-refractivity contribution in [1.82, 2.24) is 9.80 Å². The molecular weight excluding hydrogens is 292 g/mol. The van der Waals surface area contributed by atoms with Crippen molar-refractivity contribution >= 4 is 29.3 Å². The molecule has 0 N–H and O–H groups in total. The minimum absolute atomic E-state index is 0.0216. The molecule has 5 nitrogen and oxygen atoms in total. The van der Waals surface area contributed by atoms with Gasteiger partial charge in [0.1, 0.15) is 0 Å². The second-order valence-electron chi connectivity index (χ2n) is 5.45. The molecule has 0 aromatic carbocycles. The number of hydrogen-bond acceptors (Lipinski definition) is 3. The van der Waals surface area contributed by atoms with Gasteiger partial charge in [0, 0.05) is 31.1 Å². The smallest absolute Gasteiger partial charge is 0.233 e. The molecule has 0 unspecified atom stereocenters. The molecule has 1 saturated heterocycles. The number of likely N-dealkylation sites (tertiary alicyclic amines) is 1.